The minimum absolute atomic E-state index is 0.115. The lowest BCUT2D eigenvalue weighted by Crippen LogP contribution is -2.47. The smallest absolute Gasteiger partial charge is 0.234 e. The highest BCUT2D eigenvalue weighted by molar-refractivity contribution is 5.79. The van der Waals surface area contributed by atoms with E-state index in [0.29, 0.717) is 12.6 Å². The summed E-state index contributed by atoms with van der Waals surface area (Å²) in [4.78, 5) is 13.3. The van der Waals surface area contributed by atoms with E-state index in [0.717, 1.165) is 13.0 Å². The van der Waals surface area contributed by atoms with E-state index >= 15 is 0 Å². The summed E-state index contributed by atoms with van der Waals surface area (Å²) >= 11 is 0. The normalized spacial score (nSPS) is 19.0. The Bertz CT molecular complexity index is 180. The molecule has 0 aromatic heterocycles. The fraction of sp³-hybridized carbons (Fsp3) is 0.889. The molecule has 0 heterocycles. The molecule has 13 heavy (non-hydrogen) atoms. The molecule has 0 aromatic carbocycles. The van der Waals surface area contributed by atoms with Crippen LogP contribution in [0.5, 0.6) is 0 Å². The number of carbonyl (C=O) groups excluding carboxylic acids is 1. The Morgan fingerprint density at radius 3 is 2.54 bits per heavy atom. The molecule has 4 nitrogen and oxygen atoms in total. The molecule has 0 aromatic rings. The lowest BCUT2D eigenvalue weighted by Gasteiger charge is -2.28. The van der Waals surface area contributed by atoms with Gasteiger partial charge in [0.15, 0.2) is 0 Å². The van der Waals surface area contributed by atoms with E-state index < -0.39 is 0 Å². The largest absolute Gasteiger partial charge is 0.368 e. The van der Waals surface area contributed by atoms with Crippen LogP contribution in [-0.2, 0) is 4.79 Å². The van der Waals surface area contributed by atoms with Gasteiger partial charge in [0, 0.05) is 19.1 Å². The van der Waals surface area contributed by atoms with E-state index in [1.807, 2.05) is 6.92 Å². The standard InChI is InChI=1S/C9H19N3O/c1-2-8(9(11)13)12(6-5-10)7-3-4-7/h7-8H,2-6,10H2,1H3,(H2,11,13). The maximum atomic E-state index is 11.1. The van der Waals surface area contributed by atoms with Crippen LogP contribution in [0.2, 0.25) is 0 Å². The van der Waals surface area contributed by atoms with Crippen molar-refractivity contribution in [3.63, 3.8) is 0 Å². The molecule has 1 atom stereocenters. The molecule has 1 aliphatic carbocycles. The van der Waals surface area contributed by atoms with Gasteiger partial charge in [-0.25, -0.2) is 0 Å². The monoisotopic (exact) mass is 185 g/mol. The molecule has 0 radical (unpaired) electrons. The van der Waals surface area contributed by atoms with Gasteiger partial charge in [-0.15, -0.1) is 0 Å². The molecule has 1 fully saturated rings. The minimum Gasteiger partial charge on any atom is -0.368 e. The molecule has 1 unspecified atom stereocenters. The van der Waals surface area contributed by atoms with Crippen molar-refractivity contribution in [1.82, 2.24) is 4.90 Å². The third-order valence-corrected chi connectivity index (χ3v) is 2.52. The van der Waals surface area contributed by atoms with Crippen molar-refractivity contribution >= 4 is 5.91 Å². The number of rotatable bonds is 6. The fourth-order valence-corrected chi connectivity index (χ4v) is 1.75. The second-order valence-corrected chi connectivity index (χ2v) is 3.58. The first-order chi connectivity index (χ1) is 6.20. The van der Waals surface area contributed by atoms with Gasteiger partial charge in [0.2, 0.25) is 5.91 Å². The maximum Gasteiger partial charge on any atom is 0.234 e. The summed E-state index contributed by atoms with van der Waals surface area (Å²) in [6, 6.07) is 0.442. The summed E-state index contributed by atoms with van der Waals surface area (Å²) in [5.74, 6) is -0.220. The number of nitrogens with zero attached hydrogens (tertiary/aromatic N) is 1. The van der Waals surface area contributed by atoms with Crippen LogP contribution in [0.3, 0.4) is 0 Å². The molecular formula is C9H19N3O. The molecule has 4 N–H and O–H groups in total. The van der Waals surface area contributed by atoms with Crippen LogP contribution in [0.15, 0.2) is 0 Å². The van der Waals surface area contributed by atoms with Crippen LogP contribution in [-0.4, -0.2) is 36.0 Å². The van der Waals surface area contributed by atoms with Crippen LogP contribution in [0, 0.1) is 0 Å². The van der Waals surface area contributed by atoms with Gasteiger partial charge in [-0.1, -0.05) is 6.92 Å². The molecule has 1 rings (SSSR count). The van der Waals surface area contributed by atoms with Crippen molar-refractivity contribution < 1.29 is 4.79 Å². The Labute approximate surface area is 79.3 Å². The first-order valence-corrected chi connectivity index (χ1v) is 4.95. The number of amides is 1. The van der Waals surface area contributed by atoms with Crippen molar-refractivity contribution in [2.75, 3.05) is 13.1 Å². The van der Waals surface area contributed by atoms with Crippen LogP contribution < -0.4 is 11.5 Å². The third kappa shape index (κ3) is 2.67. The van der Waals surface area contributed by atoms with Gasteiger partial charge in [0.05, 0.1) is 6.04 Å². The van der Waals surface area contributed by atoms with Gasteiger partial charge >= 0.3 is 0 Å². The average molecular weight is 185 g/mol. The zero-order valence-corrected chi connectivity index (χ0v) is 8.20. The average Bonchev–Trinajstić information content (AvgIpc) is 2.86. The highest BCUT2D eigenvalue weighted by Crippen LogP contribution is 2.28. The van der Waals surface area contributed by atoms with E-state index in [2.05, 4.69) is 4.90 Å². The lowest BCUT2D eigenvalue weighted by atomic mass is 10.1. The zero-order valence-electron chi connectivity index (χ0n) is 8.20. The highest BCUT2D eigenvalue weighted by atomic mass is 16.1. The Morgan fingerprint density at radius 1 is 1.62 bits per heavy atom. The Kier molecular flexibility index (Phi) is 3.69. The van der Waals surface area contributed by atoms with Crippen molar-refractivity contribution in [2.24, 2.45) is 11.5 Å². The van der Waals surface area contributed by atoms with Crippen molar-refractivity contribution in [2.45, 2.75) is 38.3 Å². The lowest BCUT2D eigenvalue weighted by molar-refractivity contribution is -0.123. The molecule has 76 valence electrons. The second kappa shape index (κ2) is 4.58. The first kappa shape index (κ1) is 10.5. The van der Waals surface area contributed by atoms with Crippen molar-refractivity contribution in [1.29, 1.82) is 0 Å². The number of hydrogen-bond donors (Lipinski definition) is 2. The molecule has 0 spiro atoms. The predicted octanol–water partition coefficient (Wildman–Crippen LogP) is -0.327. The van der Waals surface area contributed by atoms with Crippen LogP contribution >= 0.6 is 0 Å². The number of hydrogen-bond acceptors (Lipinski definition) is 3. The maximum absolute atomic E-state index is 11.1. The molecule has 4 heteroatoms. The topological polar surface area (TPSA) is 72.4 Å². The van der Waals surface area contributed by atoms with E-state index in [4.69, 9.17) is 11.5 Å². The SMILES string of the molecule is CCC(C(N)=O)N(CCN)C1CC1. The zero-order chi connectivity index (χ0) is 9.84. The van der Waals surface area contributed by atoms with Gasteiger partial charge in [0.25, 0.3) is 0 Å². The van der Waals surface area contributed by atoms with Crippen LogP contribution in [0.25, 0.3) is 0 Å². The van der Waals surface area contributed by atoms with Crippen molar-refractivity contribution in [3.8, 4) is 0 Å². The van der Waals surface area contributed by atoms with Crippen LogP contribution in [0.1, 0.15) is 26.2 Å². The molecule has 1 aliphatic rings. The molecule has 0 aliphatic heterocycles. The quantitative estimate of drug-likeness (QED) is 0.595. The van der Waals surface area contributed by atoms with E-state index in [9.17, 15) is 4.79 Å². The fourth-order valence-electron chi connectivity index (χ4n) is 1.75. The summed E-state index contributed by atoms with van der Waals surface area (Å²) in [6.45, 7) is 3.37. The Morgan fingerprint density at radius 2 is 2.23 bits per heavy atom. The van der Waals surface area contributed by atoms with Gasteiger partial charge < -0.3 is 11.5 Å². The Balaban J connectivity index is 2.54. The molecule has 1 amide bonds. The van der Waals surface area contributed by atoms with Gasteiger partial charge in [-0.2, -0.15) is 0 Å². The highest BCUT2D eigenvalue weighted by Gasteiger charge is 2.34. The molecule has 1 saturated carbocycles. The Hall–Kier alpha value is -0.610. The molecule has 0 bridgehead atoms. The van der Waals surface area contributed by atoms with Gasteiger partial charge in [0.1, 0.15) is 0 Å². The summed E-state index contributed by atoms with van der Waals surface area (Å²) in [5, 5.41) is 0. The number of primary amides is 1. The van der Waals surface area contributed by atoms with Gasteiger partial charge in [-0.05, 0) is 19.3 Å². The summed E-state index contributed by atoms with van der Waals surface area (Å²) in [6.07, 6.45) is 3.15. The summed E-state index contributed by atoms with van der Waals surface area (Å²) in [5.41, 5.74) is 10.8. The number of nitrogens with two attached hydrogens (primary N) is 2. The predicted molar refractivity (Wildman–Crippen MR) is 52.1 cm³/mol. The molecule has 0 saturated heterocycles. The first-order valence-electron chi connectivity index (χ1n) is 4.95. The number of carbonyl (C=O) groups is 1. The molecular weight excluding hydrogens is 166 g/mol. The third-order valence-electron chi connectivity index (χ3n) is 2.52. The van der Waals surface area contributed by atoms with E-state index in [-0.39, 0.29) is 11.9 Å². The second-order valence-electron chi connectivity index (χ2n) is 3.58. The van der Waals surface area contributed by atoms with Crippen LogP contribution in [0.4, 0.5) is 0 Å². The summed E-state index contributed by atoms with van der Waals surface area (Å²) < 4.78 is 0. The van der Waals surface area contributed by atoms with E-state index in [1.165, 1.54) is 12.8 Å². The van der Waals surface area contributed by atoms with E-state index in [1.54, 1.807) is 0 Å². The minimum atomic E-state index is -0.220. The summed E-state index contributed by atoms with van der Waals surface area (Å²) in [7, 11) is 0. The van der Waals surface area contributed by atoms with Crippen molar-refractivity contribution in [3.05, 3.63) is 0 Å². The van der Waals surface area contributed by atoms with Gasteiger partial charge in [-0.3, -0.25) is 9.69 Å².